The van der Waals surface area contributed by atoms with Crippen LogP contribution in [0.4, 0.5) is 4.79 Å². The number of benzene rings is 2. The van der Waals surface area contributed by atoms with E-state index in [0.29, 0.717) is 0 Å². The maximum Gasteiger partial charge on any atom is 0.408 e. The first-order valence-electron chi connectivity index (χ1n) is 10.5. The van der Waals surface area contributed by atoms with Gasteiger partial charge in [-0.1, -0.05) is 36.4 Å². The molecule has 0 fully saturated rings. The van der Waals surface area contributed by atoms with E-state index in [4.69, 9.17) is 14.6 Å². The molecule has 2 rings (SSSR count). The molecular weight excluding hydrogens is 426 g/mol. The predicted molar refractivity (Wildman–Crippen MR) is 121 cm³/mol. The number of alkyl carbamates (subject to hydrolysis) is 1. The number of Topliss-reactive ketones (excluding diaryl/α,β-unsaturated/α-hetero) is 1. The lowest BCUT2D eigenvalue weighted by atomic mass is 9.92. The minimum atomic E-state index is -1.39. The highest BCUT2D eigenvalue weighted by atomic mass is 16.5. The third kappa shape index (κ3) is 7.75. The van der Waals surface area contributed by atoms with Gasteiger partial charge in [-0.25, -0.2) is 4.79 Å². The van der Waals surface area contributed by atoms with E-state index in [1.165, 1.54) is 0 Å². The first-order valence-corrected chi connectivity index (χ1v) is 10.5. The summed E-state index contributed by atoms with van der Waals surface area (Å²) in [7, 11) is 0. The Hall–Kier alpha value is -3.68. The Kier molecular flexibility index (Phi) is 9.15. The molecule has 0 saturated heterocycles. The molecule has 2 aromatic rings. The largest absolute Gasteiger partial charge is 0.481 e. The van der Waals surface area contributed by atoms with Crippen LogP contribution in [-0.4, -0.2) is 41.6 Å². The Morgan fingerprint density at radius 3 is 2.12 bits per heavy atom. The van der Waals surface area contributed by atoms with Crippen LogP contribution in [0.25, 0.3) is 0 Å². The molecule has 1 amide bonds. The van der Waals surface area contributed by atoms with Crippen molar-refractivity contribution in [3.05, 3.63) is 69.8 Å². The molecule has 176 valence electrons. The lowest BCUT2D eigenvalue weighted by molar-refractivity contribution is -0.148. The Balaban J connectivity index is 1.94. The van der Waals surface area contributed by atoms with Gasteiger partial charge in [0.2, 0.25) is 0 Å². The van der Waals surface area contributed by atoms with Gasteiger partial charge in [-0.3, -0.25) is 14.4 Å². The monoisotopic (exact) mass is 455 g/mol. The number of esters is 1. The van der Waals surface area contributed by atoms with Crippen LogP contribution in [0.2, 0.25) is 0 Å². The highest BCUT2D eigenvalue weighted by Crippen LogP contribution is 2.22. The number of amides is 1. The second kappa shape index (κ2) is 11.8. The molecule has 0 aliphatic rings. The van der Waals surface area contributed by atoms with Gasteiger partial charge in [-0.2, -0.15) is 0 Å². The van der Waals surface area contributed by atoms with Crippen molar-refractivity contribution in [3.63, 3.8) is 0 Å². The van der Waals surface area contributed by atoms with Gasteiger partial charge in [-0.15, -0.1) is 0 Å². The third-order valence-electron chi connectivity index (χ3n) is 5.49. The van der Waals surface area contributed by atoms with Crippen molar-refractivity contribution in [2.45, 2.75) is 53.2 Å². The number of ketones is 1. The average molecular weight is 456 g/mol. The van der Waals surface area contributed by atoms with E-state index < -0.39 is 42.9 Å². The minimum absolute atomic E-state index is 0.0103. The molecule has 8 nitrogen and oxygen atoms in total. The van der Waals surface area contributed by atoms with Gasteiger partial charge >= 0.3 is 18.0 Å². The first-order chi connectivity index (χ1) is 15.6. The third-order valence-corrected chi connectivity index (χ3v) is 5.49. The van der Waals surface area contributed by atoms with Crippen molar-refractivity contribution in [1.29, 1.82) is 0 Å². The van der Waals surface area contributed by atoms with Crippen LogP contribution in [0, 0.1) is 27.7 Å². The number of carbonyl (C=O) groups excluding carboxylic acids is 3. The highest BCUT2D eigenvalue weighted by molar-refractivity contribution is 5.92. The molecule has 0 heterocycles. The maximum absolute atomic E-state index is 12.5. The number of carboxylic acids is 1. The number of aliphatic carboxylic acids is 1. The zero-order valence-corrected chi connectivity index (χ0v) is 19.3. The SMILES string of the molecule is Cc1cc(C)c(C)c(CC(=O)OCC(=O)C(CC(=O)O)NC(=O)OCc2ccccc2)c1C. The summed E-state index contributed by atoms with van der Waals surface area (Å²) < 4.78 is 10.1. The van der Waals surface area contributed by atoms with Crippen molar-refractivity contribution >= 4 is 23.8 Å². The van der Waals surface area contributed by atoms with Gasteiger partial charge in [0, 0.05) is 0 Å². The van der Waals surface area contributed by atoms with Gasteiger partial charge in [0.15, 0.2) is 12.4 Å². The van der Waals surface area contributed by atoms with Crippen LogP contribution >= 0.6 is 0 Å². The fraction of sp³-hybridized carbons (Fsp3) is 0.360. The van der Waals surface area contributed by atoms with E-state index in [1.807, 2.05) is 39.8 Å². The van der Waals surface area contributed by atoms with Crippen LogP contribution in [0.3, 0.4) is 0 Å². The Bertz CT molecular complexity index is 1000. The van der Waals surface area contributed by atoms with E-state index in [0.717, 1.165) is 33.4 Å². The molecule has 0 saturated carbocycles. The number of hydrogen-bond donors (Lipinski definition) is 2. The standard InChI is InChI=1S/C25H29NO7/c1-15-10-16(2)18(4)20(17(15)3)11-24(30)32-14-22(27)21(12-23(28)29)26-25(31)33-13-19-8-6-5-7-9-19/h5-10,21H,11-14H2,1-4H3,(H,26,31)(H,28,29). The fourth-order valence-electron chi connectivity index (χ4n) is 3.34. The lowest BCUT2D eigenvalue weighted by Crippen LogP contribution is -2.44. The Morgan fingerprint density at radius 1 is 0.939 bits per heavy atom. The molecule has 8 heteroatoms. The summed E-state index contributed by atoms with van der Waals surface area (Å²) in [5.74, 6) is -2.64. The van der Waals surface area contributed by atoms with E-state index in [1.54, 1.807) is 24.3 Å². The smallest absolute Gasteiger partial charge is 0.408 e. The van der Waals surface area contributed by atoms with Crippen LogP contribution in [0.5, 0.6) is 0 Å². The number of hydrogen-bond acceptors (Lipinski definition) is 6. The van der Waals surface area contributed by atoms with Gasteiger partial charge < -0.3 is 19.9 Å². The molecule has 0 aliphatic carbocycles. The normalized spacial score (nSPS) is 11.4. The quantitative estimate of drug-likeness (QED) is 0.527. The lowest BCUT2D eigenvalue weighted by Gasteiger charge is -2.17. The summed E-state index contributed by atoms with van der Waals surface area (Å²) in [4.78, 5) is 48.0. The number of ether oxygens (including phenoxy) is 2. The highest BCUT2D eigenvalue weighted by Gasteiger charge is 2.26. The second-order valence-corrected chi connectivity index (χ2v) is 7.90. The summed E-state index contributed by atoms with van der Waals surface area (Å²) in [6.45, 7) is 7.06. The van der Waals surface area contributed by atoms with Crippen LogP contribution in [0.1, 0.15) is 39.8 Å². The zero-order chi connectivity index (χ0) is 24.5. The van der Waals surface area contributed by atoms with E-state index in [-0.39, 0.29) is 13.0 Å². The van der Waals surface area contributed by atoms with E-state index in [2.05, 4.69) is 5.32 Å². The molecule has 33 heavy (non-hydrogen) atoms. The molecule has 0 radical (unpaired) electrons. The van der Waals surface area contributed by atoms with Gasteiger partial charge in [0.1, 0.15) is 12.6 Å². The number of aryl methyl sites for hydroxylation is 2. The number of rotatable bonds is 10. The van der Waals surface area contributed by atoms with Gasteiger partial charge in [-0.05, 0) is 61.1 Å². The zero-order valence-electron chi connectivity index (χ0n) is 19.3. The Labute approximate surface area is 192 Å². The van der Waals surface area contributed by atoms with Crippen molar-refractivity contribution in [3.8, 4) is 0 Å². The molecule has 0 aromatic heterocycles. The molecular formula is C25H29NO7. The predicted octanol–water partition coefficient (Wildman–Crippen LogP) is 3.34. The summed E-state index contributed by atoms with van der Waals surface area (Å²) in [6, 6.07) is 9.54. The molecule has 2 N–H and O–H groups in total. The van der Waals surface area contributed by atoms with E-state index in [9.17, 15) is 19.2 Å². The van der Waals surface area contributed by atoms with Crippen LogP contribution < -0.4 is 5.32 Å². The molecule has 2 aromatic carbocycles. The summed E-state index contributed by atoms with van der Waals surface area (Å²) in [5, 5.41) is 11.3. The minimum Gasteiger partial charge on any atom is -0.481 e. The van der Waals surface area contributed by atoms with Gasteiger partial charge in [0.05, 0.1) is 12.8 Å². The van der Waals surface area contributed by atoms with Crippen LogP contribution in [-0.2, 0) is 36.9 Å². The maximum atomic E-state index is 12.5. The summed E-state index contributed by atoms with van der Waals surface area (Å²) in [5.41, 5.74) is 5.64. The number of nitrogens with one attached hydrogen (secondary N) is 1. The first kappa shape index (κ1) is 25.6. The van der Waals surface area contributed by atoms with E-state index >= 15 is 0 Å². The fourth-order valence-corrected chi connectivity index (χ4v) is 3.34. The van der Waals surface area contributed by atoms with Crippen molar-refractivity contribution in [2.75, 3.05) is 6.61 Å². The summed E-state index contributed by atoms with van der Waals surface area (Å²) >= 11 is 0. The second-order valence-electron chi connectivity index (χ2n) is 7.90. The molecule has 0 bridgehead atoms. The Morgan fingerprint density at radius 2 is 1.55 bits per heavy atom. The average Bonchev–Trinajstić information content (AvgIpc) is 2.77. The summed E-state index contributed by atoms with van der Waals surface area (Å²) in [6.07, 6.45) is -1.61. The topological polar surface area (TPSA) is 119 Å². The van der Waals surface area contributed by atoms with Crippen molar-refractivity contribution in [2.24, 2.45) is 0 Å². The van der Waals surface area contributed by atoms with Crippen molar-refractivity contribution < 1.29 is 33.8 Å². The molecule has 0 aliphatic heterocycles. The van der Waals surface area contributed by atoms with Gasteiger partial charge in [0.25, 0.3) is 0 Å². The molecule has 1 atom stereocenters. The van der Waals surface area contributed by atoms with Crippen molar-refractivity contribution in [1.82, 2.24) is 5.32 Å². The molecule has 1 unspecified atom stereocenters. The molecule has 0 spiro atoms. The van der Waals surface area contributed by atoms with Crippen LogP contribution in [0.15, 0.2) is 36.4 Å². The number of carboxylic acid groups (broad SMARTS) is 1. The number of carbonyl (C=O) groups is 4.